The fraction of sp³-hybridized carbons (Fsp3) is 0.312. The highest BCUT2D eigenvalue weighted by Gasteiger charge is 2.13. The van der Waals surface area contributed by atoms with Crippen LogP contribution in [0.25, 0.3) is 0 Å². The zero-order valence-corrected chi connectivity index (χ0v) is 13.4. The van der Waals surface area contributed by atoms with E-state index in [1.54, 1.807) is 12.4 Å². The maximum atomic E-state index is 11.4. The van der Waals surface area contributed by atoms with Crippen molar-refractivity contribution in [3.05, 3.63) is 54.3 Å². The van der Waals surface area contributed by atoms with Crippen LogP contribution in [-0.2, 0) is 11.2 Å². The molecule has 0 bridgehead atoms. The monoisotopic (exact) mass is 316 g/mol. The Bertz CT molecular complexity index is 579. The van der Waals surface area contributed by atoms with Crippen LogP contribution < -0.4 is 22.1 Å². The Hall–Kier alpha value is -2.83. The number of carbonyl (C=O) groups excluding carboxylic acids is 1. The molecular weight excluding hydrogens is 292 g/mol. The average molecular weight is 316 g/mol. The van der Waals surface area contributed by atoms with Crippen molar-refractivity contribution in [3.63, 3.8) is 0 Å². The normalized spacial score (nSPS) is 11.9. The summed E-state index contributed by atoms with van der Waals surface area (Å²) in [4.78, 5) is 19.7. The minimum atomic E-state index is -0.639. The Labute approximate surface area is 136 Å². The molecule has 1 aromatic heterocycles. The van der Waals surface area contributed by atoms with Gasteiger partial charge in [-0.3, -0.25) is 14.8 Å². The van der Waals surface area contributed by atoms with E-state index in [2.05, 4.69) is 27.2 Å². The molecule has 0 aliphatic carbocycles. The fourth-order valence-electron chi connectivity index (χ4n) is 1.79. The van der Waals surface area contributed by atoms with E-state index in [0.717, 1.165) is 19.0 Å². The second-order valence-electron chi connectivity index (χ2n) is 4.81. The van der Waals surface area contributed by atoms with Crippen LogP contribution in [0.5, 0.6) is 0 Å². The number of aliphatic imine (C=N–C) groups is 1. The third kappa shape index (κ3) is 6.64. The standard InChI is InChI=1S/C16H24N6O/c1-3-7-21-16(14(11-17)15(18)23)22-12(2)20-10-6-13-4-8-19-9-5-13/h4-5,8-9,11,20H,2-3,6-7,10,17H2,1H3,(H2,18,23)(H,21,22)/b14-11-. The highest BCUT2D eigenvalue weighted by atomic mass is 16.1. The molecule has 0 saturated heterocycles. The summed E-state index contributed by atoms with van der Waals surface area (Å²) in [5, 5.41) is 6.08. The van der Waals surface area contributed by atoms with Gasteiger partial charge < -0.3 is 22.1 Å². The number of nitrogens with two attached hydrogens (primary N) is 2. The zero-order valence-electron chi connectivity index (χ0n) is 13.4. The number of amidine groups is 1. The molecule has 0 fully saturated rings. The van der Waals surface area contributed by atoms with Crippen molar-refractivity contribution < 1.29 is 4.79 Å². The first-order valence-corrected chi connectivity index (χ1v) is 7.43. The first kappa shape index (κ1) is 18.2. The highest BCUT2D eigenvalue weighted by molar-refractivity contribution is 6.20. The van der Waals surface area contributed by atoms with Crippen molar-refractivity contribution in [2.75, 3.05) is 13.1 Å². The molecular formula is C16H24N6O. The minimum absolute atomic E-state index is 0.135. The molecule has 1 heterocycles. The van der Waals surface area contributed by atoms with Crippen molar-refractivity contribution in [1.29, 1.82) is 0 Å². The van der Waals surface area contributed by atoms with Gasteiger partial charge in [0.05, 0.1) is 11.4 Å². The molecule has 0 aromatic carbocycles. The summed E-state index contributed by atoms with van der Waals surface area (Å²) in [7, 11) is 0. The molecule has 0 spiro atoms. The topological polar surface area (TPSA) is 118 Å². The Balaban J connectivity index is 2.58. The lowest BCUT2D eigenvalue weighted by molar-refractivity contribution is -0.114. The number of nitrogens with zero attached hydrogens (tertiary/aromatic N) is 2. The molecule has 1 rings (SSSR count). The van der Waals surface area contributed by atoms with Gasteiger partial charge in [0.25, 0.3) is 5.91 Å². The maximum Gasteiger partial charge on any atom is 0.253 e. The summed E-state index contributed by atoms with van der Waals surface area (Å²) in [5.41, 5.74) is 12.1. The molecule has 124 valence electrons. The number of rotatable bonds is 9. The van der Waals surface area contributed by atoms with E-state index in [1.807, 2.05) is 19.1 Å². The van der Waals surface area contributed by atoms with Crippen LogP contribution >= 0.6 is 0 Å². The Morgan fingerprint density at radius 2 is 2.13 bits per heavy atom. The van der Waals surface area contributed by atoms with Gasteiger partial charge in [0.2, 0.25) is 0 Å². The lowest BCUT2D eigenvalue weighted by atomic mass is 10.2. The van der Waals surface area contributed by atoms with Crippen molar-refractivity contribution in [3.8, 4) is 0 Å². The van der Waals surface area contributed by atoms with Gasteiger partial charge >= 0.3 is 0 Å². The third-order valence-electron chi connectivity index (χ3n) is 2.95. The highest BCUT2D eigenvalue weighted by Crippen LogP contribution is 1.99. The molecule has 23 heavy (non-hydrogen) atoms. The third-order valence-corrected chi connectivity index (χ3v) is 2.95. The second-order valence-corrected chi connectivity index (χ2v) is 4.81. The molecule has 0 radical (unpaired) electrons. The number of hydrogen-bond acceptors (Lipinski definition) is 5. The number of nitrogens with one attached hydrogen (secondary N) is 2. The maximum absolute atomic E-state index is 11.4. The predicted molar refractivity (Wildman–Crippen MR) is 92.3 cm³/mol. The zero-order chi connectivity index (χ0) is 17.1. The molecule has 0 aliphatic rings. The average Bonchev–Trinajstić information content (AvgIpc) is 2.53. The molecule has 6 N–H and O–H groups in total. The fourth-order valence-corrected chi connectivity index (χ4v) is 1.79. The second kappa shape index (κ2) is 9.99. The number of primary amides is 1. The Morgan fingerprint density at radius 1 is 1.43 bits per heavy atom. The van der Waals surface area contributed by atoms with Crippen molar-refractivity contribution in [2.45, 2.75) is 19.8 Å². The summed E-state index contributed by atoms with van der Waals surface area (Å²) < 4.78 is 0. The van der Waals surface area contributed by atoms with Crippen LogP contribution in [0.2, 0.25) is 0 Å². The van der Waals surface area contributed by atoms with Crippen molar-refractivity contribution >= 4 is 11.7 Å². The van der Waals surface area contributed by atoms with Crippen LogP contribution in [-0.4, -0.2) is 29.8 Å². The molecule has 7 heteroatoms. The Morgan fingerprint density at radius 3 is 2.70 bits per heavy atom. The number of amides is 1. The van der Waals surface area contributed by atoms with E-state index in [-0.39, 0.29) is 5.57 Å². The summed E-state index contributed by atoms with van der Waals surface area (Å²) in [6.45, 7) is 7.09. The van der Waals surface area contributed by atoms with Crippen LogP contribution in [0.15, 0.2) is 53.7 Å². The predicted octanol–water partition coefficient (Wildman–Crippen LogP) is 0.411. The SMILES string of the molecule is C=C(NCCc1ccncc1)NC(=NCCC)/C(=C\N)C(N)=O. The van der Waals surface area contributed by atoms with E-state index in [0.29, 0.717) is 24.7 Å². The van der Waals surface area contributed by atoms with E-state index in [9.17, 15) is 4.79 Å². The lowest BCUT2D eigenvalue weighted by Gasteiger charge is -2.15. The van der Waals surface area contributed by atoms with Crippen LogP contribution in [0.4, 0.5) is 0 Å². The van der Waals surface area contributed by atoms with Gasteiger partial charge in [-0.2, -0.15) is 0 Å². The number of pyridine rings is 1. The number of aromatic nitrogens is 1. The summed E-state index contributed by atoms with van der Waals surface area (Å²) in [6, 6.07) is 3.91. The van der Waals surface area contributed by atoms with Crippen LogP contribution in [0.1, 0.15) is 18.9 Å². The Kier molecular flexibility index (Phi) is 7.91. The first-order valence-electron chi connectivity index (χ1n) is 7.43. The van der Waals surface area contributed by atoms with Gasteiger partial charge in [0.1, 0.15) is 5.84 Å². The molecule has 0 saturated carbocycles. The van der Waals surface area contributed by atoms with Crippen LogP contribution in [0, 0.1) is 0 Å². The summed E-state index contributed by atoms with van der Waals surface area (Å²) in [5.74, 6) is 0.206. The van der Waals surface area contributed by atoms with E-state index in [1.165, 1.54) is 5.56 Å². The van der Waals surface area contributed by atoms with E-state index < -0.39 is 5.91 Å². The van der Waals surface area contributed by atoms with Gasteiger partial charge in [0, 0.05) is 31.7 Å². The number of carbonyl (C=O) groups is 1. The quantitative estimate of drug-likeness (QED) is 0.299. The molecule has 1 aromatic rings. The molecule has 0 atom stereocenters. The summed E-state index contributed by atoms with van der Waals surface area (Å²) in [6.07, 6.45) is 6.31. The van der Waals surface area contributed by atoms with Crippen LogP contribution in [0.3, 0.4) is 0 Å². The van der Waals surface area contributed by atoms with Gasteiger partial charge in [-0.05, 0) is 30.5 Å². The molecule has 7 nitrogen and oxygen atoms in total. The number of hydrogen-bond donors (Lipinski definition) is 4. The summed E-state index contributed by atoms with van der Waals surface area (Å²) >= 11 is 0. The molecule has 1 amide bonds. The van der Waals surface area contributed by atoms with Gasteiger partial charge in [-0.25, -0.2) is 0 Å². The molecule has 0 unspecified atom stereocenters. The van der Waals surface area contributed by atoms with Gasteiger partial charge in [0.15, 0.2) is 0 Å². The van der Waals surface area contributed by atoms with Crippen molar-refractivity contribution in [1.82, 2.24) is 15.6 Å². The van der Waals surface area contributed by atoms with Gasteiger partial charge in [-0.1, -0.05) is 13.5 Å². The first-order chi connectivity index (χ1) is 11.1. The minimum Gasteiger partial charge on any atom is -0.404 e. The largest absolute Gasteiger partial charge is 0.404 e. The lowest BCUT2D eigenvalue weighted by Crippen LogP contribution is -2.36. The van der Waals surface area contributed by atoms with Crippen molar-refractivity contribution in [2.24, 2.45) is 16.5 Å². The van der Waals surface area contributed by atoms with E-state index in [4.69, 9.17) is 11.5 Å². The van der Waals surface area contributed by atoms with Gasteiger partial charge in [-0.15, -0.1) is 0 Å². The van der Waals surface area contributed by atoms with E-state index >= 15 is 0 Å². The smallest absolute Gasteiger partial charge is 0.253 e. The molecule has 0 aliphatic heterocycles.